The summed E-state index contributed by atoms with van der Waals surface area (Å²) in [5, 5.41) is 3.26. The topological polar surface area (TPSA) is 216 Å². The van der Waals surface area contributed by atoms with E-state index in [-0.39, 0.29) is 40.3 Å². The number of anilines is 2. The summed E-state index contributed by atoms with van der Waals surface area (Å²) in [7, 11) is 0. The molecule has 0 fully saturated rings. The van der Waals surface area contributed by atoms with Gasteiger partial charge >= 0.3 is 0 Å². The SMILES string of the molecule is Fc1ccc2ncn(-c3ncc4[nH]c(=S)n([C@@H]5CCOc6c(F)cccc65)c4n3)c2c1.NC(N)=S.Nc1cnc(-n2cnc3ccc(F)cc32)nc1N[C@@H]1CCOc2c(F)cccc21. The fourth-order valence-electron chi connectivity index (χ4n) is 7.54. The number of ether oxygens (including phenoxy) is 2. The zero-order valence-corrected chi connectivity index (χ0v) is 34.8. The van der Waals surface area contributed by atoms with Crippen molar-refractivity contribution in [3.05, 3.63) is 137 Å². The third-order valence-corrected chi connectivity index (χ3v) is 10.6. The van der Waals surface area contributed by atoms with Crippen molar-refractivity contribution in [3.63, 3.8) is 0 Å². The van der Waals surface area contributed by atoms with Crippen molar-refractivity contribution in [1.29, 1.82) is 0 Å². The smallest absolute Gasteiger partial charge is 0.237 e. The van der Waals surface area contributed by atoms with E-state index in [2.05, 4.69) is 58.9 Å². The number of nitrogens with zero attached hydrogens (tertiary/aromatic N) is 9. The predicted octanol–water partition coefficient (Wildman–Crippen LogP) is 7.28. The van der Waals surface area contributed by atoms with Gasteiger partial charge in [0.15, 0.2) is 44.5 Å². The number of fused-ring (bicyclic) bond motifs is 5. The molecule has 0 saturated heterocycles. The number of halogens is 4. The van der Waals surface area contributed by atoms with Gasteiger partial charge in [0.25, 0.3) is 0 Å². The number of nitrogens with two attached hydrogens (primary N) is 3. The van der Waals surface area contributed by atoms with Crippen LogP contribution in [0.15, 0.2) is 97.8 Å². The van der Waals surface area contributed by atoms with Crippen LogP contribution < -0.4 is 32.0 Å². The maximum atomic E-state index is 14.3. The Labute approximate surface area is 369 Å². The molecule has 2 atom stereocenters. The summed E-state index contributed by atoms with van der Waals surface area (Å²) < 4.78 is 72.4. The van der Waals surface area contributed by atoms with Crippen molar-refractivity contribution >= 4 is 74.3 Å². The van der Waals surface area contributed by atoms with Gasteiger partial charge in [-0.05, 0) is 60.8 Å². The van der Waals surface area contributed by atoms with Gasteiger partial charge in [-0.3, -0.25) is 13.7 Å². The van der Waals surface area contributed by atoms with Gasteiger partial charge in [0.05, 0.1) is 65.4 Å². The third kappa shape index (κ3) is 8.06. The highest BCUT2D eigenvalue weighted by atomic mass is 32.1. The highest BCUT2D eigenvalue weighted by molar-refractivity contribution is 7.80. The Balaban J connectivity index is 0.000000150. The van der Waals surface area contributed by atoms with Gasteiger partial charge in [-0.15, -0.1) is 0 Å². The molecule has 11 rings (SSSR count). The first-order valence-electron chi connectivity index (χ1n) is 19.4. The highest BCUT2D eigenvalue weighted by Gasteiger charge is 2.29. The number of aromatic amines is 1. The number of H-pyrrole nitrogens is 1. The summed E-state index contributed by atoms with van der Waals surface area (Å²) in [6, 6.07) is 17.8. The first kappa shape index (κ1) is 41.6. The van der Waals surface area contributed by atoms with Crippen LogP contribution in [0.3, 0.4) is 0 Å². The van der Waals surface area contributed by atoms with Crippen LogP contribution in [-0.2, 0) is 0 Å². The number of hydrogen-bond donors (Lipinski definition) is 5. The Hall–Kier alpha value is -7.72. The second kappa shape index (κ2) is 17.2. The van der Waals surface area contributed by atoms with Crippen LogP contribution in [0, 0.1) is 28.0 Å². The normalized spacial score (nSPS) is 15.2. The number of para-hydroxylation sites is 2. The molecule has 64 heavy (non-hydrogen) atoms. The van der Waals surface area contributed by atoms with Gasteiger partial charge in [-0.25, -0.2) is 37.5 Å². The Morgan fingerprint density at radius 2 is 1.30 bits per heavy atom. The molecule has 16 nitrogen and oxygen atoms in total. The number of nitrogens with one attached hydrogen (secondary N) is 2. The summed E-state index contributed by atoms with van der Waals surface area (Å²) in [6.07, 6.45) is 7.40. The fraction of sp³-hybridized carbons (Fsp3) is 0.143. The van der Waals surface area contributed by atoms with Gasteiger partial charge in [0.1, 0.15) is 29.8 Å². The summed E-state index contributed by atoms with van der Waals surface area (Å²) >= 11 is 9.66. The molecule has 0 bridgehead atoms. The van der Waals surface area contributed by atoms with E-state index < -0.39 is 11.6 Å². The minimum Gasteiger partial charge on any atom is -0.490 e. The maximum absolute atomic E-state index is 14.3. The minimum atomic E-state index is -0.407. The number of thiocarbonyl (C=S) groups is 1. The van der Waals surface area contributed by atoms with Crippen molar-refractivity contribution in [3.8, 4) is 23.4 Å². The second-order valence-corrected chi connectivity index (χ2v) is 15.2. The molecular formula is C42H34F4N14O2S2. The average molecular weight is 907 g/mol. The van der Waals surface area contributed by atoms with Crippen LogP contribution in [0.5, 0.6) is 11.5 Å². The van der Waals surface area contributed by atoms with E-state index in [9.17, 15) is 17.6 Å². The molecule has 2 aliphatic rings. The lowest BCUT2D eigenvalue weighted by molar-refractivity contribution is 0.244. The van der Waals surface area contributed by atoms with Crippen molar-refractivity contribution in [2.75, 3.05) is 24.3 Å². The summed E-state index contributed by atoms with van der Waals surface area (Å²) in [5.74, 6) is -0.0743. The van der Waals surface area contributed by atoms with Gasteiger partial charge in [0, 0.05) is 36.1 Å². The Morgan fingerprint density at radius 1 is 0.734 bits per heavy atom. The van der Waals surface area contributed by atoms with Crippen molar-refractivity contribution in [2.24, 2.45) is 11.5 Å². The Kier molecular flexibility index (Phi) is 11.2. The van der Waals surface area contributed by atoms with Crippen LogP contribution in [0.25, 0.3) is 45.1 Å². The molecule has 0 radical (unpaired) electrons. The number of benzene rings is 4. The van der Waals surface area contributed by atoms with Gasteiger partial charge in [-0.1, -0.05) is 24.3 Å². The Bertz CT molecular complexity index is 3300. The van der Waals surface area contributed by atoms with E-state index in [0.717, 1.165) is 0 Å². The molecule has 324 valence electrons. The first-order valence-corrected chi connectivity index (χ1v) is 20.2. The molecule has 4 aromatic carbocycles. The van der Waals surface area contributed by atoms with Gasteiger partial charge < -0.3 is 37.0 Å². The van der Waals surface area contributed by atoms with Crippen molar-refractivity contribution in [1.82, 2.24) is 48.6 Å². The molecular weight excluding hydrogens is 873 g/mol. The first-order chi connectivity index (χ1) is 30.9. The quantitative estimate of drug-likeness (QED) is 0.0848. The molecule has 0 amide bonds. The van der Waals surface area contributed by atoms with E-state index in [1.54, 1.807) is 52.0 Å². The lowest BCUT2D eigenvalue weighted by Crippen LogP contribution is -2.22. The monoisotopic (exact) mass is 906 g/mol. The number of aromatic nitrogens is 10. The molecule has 2 aliphatic heterocycles. The second-order valence-electron chi connectivity index (χ2n) is 14.4. The predicted molar refractivity (Wildman–Crippen MR) is 237 cm³/mol. The molecule has 0 unspecified atom stereocenters. The van der Waals surface area contributed by atoms with Crippen molar-refractivity contribution in [2.45, 2.75) is 24.9 Å². The van der Waals surface area contributed by atoms with E-state index in [1.165, 1.54) is 48.9 Å². The Morgan fingerprint density at radius 3 is 1.94 bits per heavy atom. The molecule has 0 saturated carbocycles. The van der Waals surface area contributed by atoms with Gasteiger partial charge in [0.2, 0.25) is 11.9 Å². The zero-order valence-electron chi connectivity index (χ0n) is 33.1. The molecule has 5 aromatic heterocycles. The molecule has 22 heteroatoms. The zero-order chi connectivity index (χ0) is 44.6. The van der Waals surface area contributed by atoms with Crippen LogP contribution >= 0.6 is 24.4 Å². The van der Waals surface area contributed by atoms with E-state index in [0.29, 0.717) is 98.6 Å². The minimum absolute atomic E-state index is 0.000000000000000222. The van der Waals surface area contributed by atoms with Crippen molar-refractivity contribution < 1.29 is 27.0 Å². The van der Waals surface area contributed by atoms with Crippen LogP contribution in [0.1, 0.15) is 36.1 Å². The molecule has 7 heterocycles. The third-order valence-electron chi connectivity index (χ3n) is 10.3. The molecule has 0 aliphatic carbocycles. The highest BCUT2D eigenvalue weighted by Crippen LogP contribution is 2.39. The molecule has 0 spiro atoms. The number of nitrogen functional groups attached to an aromatic ring is 1. The molecule has 8 N–H and O–H groups in total. The van der Waals surface area contributed by atoms with Gasteiger partial charge in [-0.2, -0.15) is 9.97 Å². The number of imidazole rings is 3. The van der Waals surface area contributed by atoms with Crippen LogP contribution in [-0.4, -0.2) is 66.9 Å². The maximum Gasteiger partial charge on any atom is 0.237 e. The summed E-state index contributed by atoms with van der Waals surface area (Å²) in [6.45, 7) is 0.727. The standard InChI is InChI=1S/C21H14F2N6OS.C20H16F2N6O.CH4N2S/c22-11-4-5-14-17(8-11)28(10-25-14)20-24-9-15-19(27-20)29(21(31)26-15)16-6-7-30-18-12(16)2-1-3-13(18)23;21-11-4-5-16-17(8-11)28(10-25-16)20-24-9-14(23)19(27-20)26-15-6-7-29-18-12(15)2-1-3-13(18)22;2-1(3)4/h1-5,8-10,16H,6-7H2,(H,26,31);1-5,8-10,15H,6-7,23H2,(H,24,26,27);(H4,2,3,4)/t16-;15-;/m11./s1. The fourth-order valence-corrected chi connectivity index (χ4v) is 7.87. The molecule has 9 aromatic rings. The summed E-state index contributed by atoms with van der Waals surface area (Å²) in [4.78, 5) is 29.5. The van der Waals surface area contributed by atoms with Crippen LogP contribution in [0.2, 0.25) is 0 Å². The average Bonchev–Trinajstić information content (AvgIpc) is 3.99. The van der Waals surface area contributed by atoms with E-state index >= 15 is 0 Å². The van der Waals surface area contributed by atoms with Crippen LogP contribution in [0.4, 0.5) is 29.1 Å². The lowest BCUT2D eigenvalue weighted by Gasteiger charge is -2.27. The number of rotatable bonds is 5. The number of hydrogen-bond acceptors (Lipinski definition) is 12. The largest absolute Gasteiger partial charge is 0.490 e. The summed E-state index contributed by atoms with van der Waals surface area (Å²) in [5.41, 5.74) is 20.6. The van der Waals surface area contributed by atoms with E-state index in [1.807, 2.05) is 10.6 Å². The van der Waals surface area contributed by atoms with E-state index in [4.69, 9.17) is 32.4 Å². The lowest BCUT2D eigenvalue weighted by atomic mass is 10.00.